The Morgan fingerprint density at radius 2 is 1.75 bits per heavy atom. The Bertz CT molecular complexity index is 654. The second-order valence-electron chi connectivity index (χ2n) is 4.48. The Kier molecular flexibility index (Phi) is 5.55. The molecule has 0 bridgehead atoms. The summed E-state index contributed by atoms with van der Waals surface area (Å²) < 4.78 is 48.2. The van der Waals surface area contributed by atoms with E-state index in [1.54, 1.807) is 18.2 Å². The fourth-order valence-corrected chi connectivity index (χ4v) is 3.67. The summed E-state index contributed by atoms with van der Waals surface area (Å²) >= 11 is 0. The van der Waals surface area contributed by atoms with Crippen molar-refractivity contribution in [3.05, 3.63) is 24.3 Å². The minimum atomic E-state index is -3.71. The average molecular weight is 320 g/mol. The van der Waals surface area contributed by atoms with Crippen LogP contribution in [0.15, 0.2) is 29.2 Å². The number of nitrogens with one attached hydrogen (secondary N) is 1. The smallest absolute Gasteiger partial charge is 0.244 e. The number of hydrogen-bond acceptors (Lipinski definition) is 5. The van der Waals surface area contributed by atoms with Crippen molar-refractivity contribution in [3.63, 3.8) is 0 Å². The molecular weight excluding hydrogens is 300 g/mol. The second kappa shape index (κ2) is 6.55. The van der Waals surface area contributed by atoms with Gasteiger partial charge in [-0.15, -0.1) is 0 Å². The predicted octanol–water partition coefficient (Wildman–Crippen LogP) is 0.784. The van der Waals surface area contributed by atoms with Gasteiger partial charge < -0.3 is 5.32 Å². The molecule has 1 aromatic carbocycles. The van der Waals surface area contributed by atoms with Gasteiger partial charge in [0.2, 0.25) is 10.0 Å². The summed E-state index contributed by atoms with van der Waals surface area (Å²) in [6.07, 6.45) is 1.08. The van der Waals surface area contributed by atoms with Gasteiger partial charge in [-0.05, 0) is 19.1 Å². The normalized spacial score (nSPS) is 12.6. The van der Waals surface area contributed by atoms with Gasteiger partial charge in [0, 0.05) is 26.4 Å². The highest BCUT2D eigenvalue weighted by Gasteiger charge is 2.24. The quantitative estimate of drug-likeness (QED) is 0.803. The summed E-state index contributed by atoms with van der Waals surface area (Å²) in [6, 6.07) is 6.57. The summed E-state index contributed by atoms with van der Waals surface area (Å²) in [5.74, 6) is -0.202. The molecule has 8 heteroatoms. The molecule has 1 N–H and O–H groups in total. The molecule has 0 atom stereocenters. The van der Waals surface area contributed by atoms with Gasteiger partial charge in [-0.3, -0.25) is 0 Å². The van der Waals surface area contributed by atoms with Gasteiger partial charge in [0.05, 0.1) is 11.4 Å². The van der Waals surface area contributed by atoms with Crippen LogP contribution in [0.5, 0.6) is 0 Å². The summed E-state index contributed by atoms with van der Waals surface area (Å²) in [5.41, 5.74) is 0.515. The maximum absolute atomic E-state index is 12.4. The highest BCUT2D eigenvalue weighted by atomic mass is 32.2. The van der Waals surface area contributed by atoms with Gasteiger partial charge in [0.25, 0.3) is 0 Å². The number of sulfone groups is 1. The first-order valence-corrected chi connectivity index (χ1v) is 9.65. The number of benzene rings is 1. The summed E-state index contributed by atoms with van der Waals surface area (Å²) in [5, 5.41) is 2.99. The van der Waals surface area contributed by atoms with Crippen molar-refractivity contribution in [3.8, 4) is 0 Å². The Hall–Kier alpha value is -1.12. The van der Waals surface area contributed by atoms with Crippen molar-refractivity contribution in [2.24, 2.45) is 0 Å². The minimum Gasteiger partial charge on any atom is -0.384 e. The summed E-state index contributed by atoms with van der Waals surface area (Å²) in [4.78, 5) is 0.151. The lowest BCUT2D eigenvalue weighted by atomic mass is 10.3. The Labute approximate surface area is 120 Å². The Morgan fingerprint density at radius 3 is 2.30 bits per heavy atom. The minimum absolute atomic E-state index is 0.0678. The highest BCUT2D eigenvalue weighted by molar-refractivity contribution is 7.91. The van der Waals surface area contributed by atoms with E-state index in [1.165, 1.54) is 13.1 Å². The number of sulfonamides is 1. The molecule has 0 saturated carbocycles. The van der Waals surface area contributed by atoms with E-state index in [0.29, 0.717) is 12.2 Å². The molecule has 6 nitrogen and oxygen atoms in total. The van der Waals surface area contributed by atoms with Crippen molar-refractivity contribution in [1.29, 1.82) is 0 Å². The molecule has 20 heavy (non-hydrogen) atoms. The SMILES string of the molecule is CCNc1ccccc1S(=O)(=O)N(C)CCS(C)(=O)=O. The van der Waals surface area contributed by atoms with E-state index in [-0.39, 0.29) is 17.2 Å². The molecule has 1 rings (SSSR count). The first-order chi connectivity index (χ1) is 9.18. The van der Waals surface area contributed by atoms with Crippen LogP contribution < -0.4 is 5.32 Å². The highest BCUT2D eigenvalue weighted by Crippen LogP contribution is 2.23. The molecule has 114 valence electrons. The molecule has 0 unspecified atom stereocenters. The maximum atomic E-state index is 12.4. The molecule has 0 saturated heterocycles. The molecule has 0 aliphatic carbocycles. The first kappa shape index (κ1) is 16.9. The molecule has 0 aliphatic rings. The number of hydrogen-bond donors (Lipinski definition) is 1. The fourth-order valence-electron chi connectivity index (χ4n) is 1.61. The van der Waals surface area contributed by atoms with Crippen LogP contribution in [-0.4, -0.2) is 53.3 Å². The van der Waals surface area contributed by atoms with E-state index in [2.05, 4.69) is 5.32 Å². The lowest BCUT2D eigenvalue weighted by molar-refractivity contribution is 0.485. The van der Waals surface area contributed by atoms with Crippen molar-refractivity contribution >= 4 is 25.5 Å². The number of nitrogens with zero attached hydrogens (tertiary/aromatic N) is 1. The summed E-state index contributed by atoms with van der Waals surface area (Å²) in [6.45, 7) is 2.40. The van der Waals surface area contributed by atoms with Crippen LogP contribution >= 0.6 is 0 Å². The van der Waals surface area contributed by atoms with Gasteiger partial charge in [0.15, 0.2) is 0 Å². The van der Waals surface area contributed by atoms with Crippen LogP contribution in [0.3, 0.4) is 0 Å². The molecular formula is C12H20N2O4S2. The van der Waals surface area contributed by atoms with E-state index < -0.39 is 19.9 Å². The van der Waals surface area contributed by atoms with Crippen LogP contribution in [0, 0.1) is 0 Å². The monoisotopic (exact) mass is 320 g/mol. The van der Waals surface area contributed by atoms with Crippen molar-refractivity contribution in [1.82, 2.24) is 4.31 Å². The van der Waals surface area contributed by atoms with Gasteiger partial charge in [-0.25, -0.2) is 16.8 Å². The first-order valence-electron chi connectivity index (χ1n) is 6.15. The molecule has 0 aliphatic heterocycles. The van der Waals surface area contributed by atoms with Crippen molar-refractivity contribution in [2.45, 2.75) is 11.8 Å². The molecule has 0 fully saturated rings. The largest absolute Gasteiger partial charge is 0.384 e. The predicted molar refractivity (Wildman–Crippen MR) is 80.1 cm³/mol. The van der Waals surface area contributed by atoms with E-state index in [0.717, 1.165) is 10.6 Å². The third-order valence-electron chi connectivity index (χ3n) is 2.72. The molecule has 0 heterocycles. The zero-order valence-corrected chi connectivity index (χ0v) is 13.5. The number of anilines is 1. The van der Waals surface area contributed by atoms with Gasteiger partial charge in [-0.1, -0.05) is 12.1 Å². The van der Waals surface area contributed by atoms with Crippen LogP contribution in [0.2, 0.25) is 0 Å². The Balaban J connectivity index is 3.04. The van der Waals surface area contributed by atoms with E-state index in [4.69, 9.17) is 0 Å². The van der Waals surface area contributed by atoms with Gasteiger partial charge in [0.1, 0.15) is 14.7 Å². The molecule has 0 spiro atoms. The number of para-hydroxylation sites is 1. The Morgan fingerprint density at radius 1 is 1.15 bits per heavy atom. The van der Waals surface area contributed by atoms with Crippen molar-refractivity contribution in [2.75, 3.05) is 37.5 Å². The standard InChI is InChI=1S/C12H20N2O4S2/c1-4-13-11-7-5-6-8-12(11)20(17,18)14(2)9-10-19(3,15)16/h5-8,13H,4,9-10H2,1-3H3. The van der Waals surface area contributed by atoms with E-state index in [1.807, 2.05) is 6.92 Å². The zero-order valence-electron chi connectivity index (χ0n) is 11.8. The molecule has 1 aromatic rings. The van der Waals surface area contributed by atoms with Crippen LogP contribution in [0.4, 0.5) is 5.69 Å². The van der Waals surface area contributed by atoms with E-state index >= 15 is 0 Å². The van der Waals surface area contributed by atoms with Crippen LogP contribution in [-0.2, 0) is 19.9 Å². The molecule has 0 aromatic heterocycles. The fraction of sp³-hybridized carbons (Fsp3) is 0.500. The van der Waals surface area contributed by atoms with Gasteiger partial charge >= 0.3 is 0 Å². The lowest BCUT2D eigenvalue weighted by Gasteiger charge is -2.19. The van der Waals surface area contributed by atoms with Crippen LogP contribution in [0.25, 0.3) is 0 Å². The van der Waals surface area contributed by atoms with Crippen molar-refractivity contribution < 1.29 is 16.8 Å². The zero-order chi connectivity index (χ0) is 15.4. The lowest BCUT2D eigenvalue weighted by Crippen LogP contribution is -2.32. The maximum Gasteiger partial charge on any atom is 0.244 e. The second-order valence-corrected chi connectivity index (χ2v) is 8.76. The number of rotatable bonds is 7. The topological polar surface area (TPSA) is 83.6 Å². The molecule has 0 radical (unpaired) electrons. The molecule has 0 amide bonds. The third-order valence-corrected chi connectivity index (χ3v) is 5.56. The van der Waals surface area contributed by atoms with E-state index in [9.17, 15) is 16.8 Å². The average Bonchev–Trinajstić information content (AvgIpc) is 2.36. The third kappa shape index (κ3) is 4.46. The van der Waals surface area contributed by atoms with Gasteiger partial charge in [-0.2, -0.15) is 4.31 Å². The van der Waals surface area contributed by atoms with Crippen LogP contribution in [0.1, 0.15) is 6.92 Å². The summed E-state index contributed by atoms with van der Waals surface area (Å²) in [7, 11) is -5.53.